The van der Waals surface area contributed by atoms with Gasteiger partial charge in [0.15, 0.2) is 0 Å². The Balaban J connectivity index is 1.25. The number of carbonyl (C=O) groups is 2. The summed E-state index contributed by atoms with van der Waals surface area (Å²) in [6.07, 6.45) is 6.64. The molecule has 1 saturated heterocycles. The lowest BCUT2D eigenvalue weighted by atomic mass is 10.1. The fraction of sp³-hybridized carbons (Fsp3) is 0.591. The van der Waals surface area contributed by atoms with Crippen LogP contribution in [0, 0.1) is 0 Å². The van der Waals surface area contributed by atoms with Gasteiger partial charge in [-0.1, -0.05) is 18.0 Å². The number of piperazine rings is 1. The summed E-state index contributed by atoms with van der Waals surface area (Å²) < 4.78 is 10.3. The third-order valence-electron chi connectivity index (χ3n) is 5.95. The van der Waals surface area contributed by atoms with Crippen LogP contribution < -0.4 is 10.2 Å². The molecule has 0 spiro atoms. The van der Waals surface area contributed by atoms with Crippen molar-refractivity contribution in [2.24, 2.45) is 0 Å². The molecule has 10 nitrogen and oxygen atoms in total. The molecule has 2 aliphatic rings. The van der Waals surface area contributed by atoms with Crippen LogP contribution in [0.1, 0.15) is 50.8 Å². The Morgan fingerprint density at radius 2 is 1.97 bits per heavy atom. The number of rotatable bonds is 7. The van der Waals surface area contributed by atoms with Gasteiger partial charge in [0, 0.05) is 50.4 Å². The van der Waals surface area contributed by atoms with E-state index < -0.39 is 0 Å². The number of carbonyl (C=O) groups excluding carboxylic acids is 2. The van der Waals surface area contributed by atoms with Crippen LogP contribution in [0.3, 0.4) is 0 Å². The Bertz CT molecular complexity index is 901. The third-order valence-corrected chi connectivity index (χ3v) is 5.95. The highest BCUT2D eigenvalue weighted by atomic mass is 16.5. The van der Waals surface area contributed by atoms with Gasteiger partial charge in [0.2, 0.25) is 11.7 Å². The van der Waals surface area contributed by atoms with Crippen LogP contribution >= 0.6 is 0 Å². The van der Waals surface area contributed by atoms with Gasteiger partial charge >= 0.3 is 12.0 Å². The van der Waals surface area contributed by atoms with Crippen LogP contribution in [0.5, 0.6) is 0 Å². The second-order valence-corrected chi connectivity index (χ2v) is 8.10. The fourth-order valence-corrected chi connectivity index (χ4v) is 4.15. The Morgan fingerprint density at radius 1 is 1.19 bits per heavy atom. The number of aromatic nitrogens is 3. The van der Waals surface area contributed by atoms with Crippen molar-refractivity contribution < 1.29 is 18.8 Å². The van der Waals surface area contributed by atoms with Crippen LogP contribution in [-0.2, 0) is 9.53 Å². The van der Waals surface area contributed by atoms with Gasteiger partial charge in [0.1, 0.15) is 5.82 Å². The zero-order valence-electron chi connectivity index (χ0n) is 18.5. The quantitative estimate of drug-likeness (QED) is 0.651. The Labute approximate surface area is 187 Å². The predicted octanol–water partition coefficient (Wildman–Crippen LogP) is 2.57. The smallest absolute Gasteiger partial charge is 0.317 e. The highest BCUT2D eigenvalue weighted by Crippen LogP contribution is 2.33. The van der Waals surface area contributed by atoms with E-state index in [0.717, 1.165) is 30.1 Å². The molecule has 1 N–H and O–H groups in total. The molecule has 172 valence electrons. The van der Waals surface area contributed by atoms with E-state index in [1.165, 1.54) is 12.8 Å². The zero-order valence-corrected chi connectivity index (χ0v) is 18.5. The second-order valence-electron chi connectivity index (χ2n) is 8.10. The Hall–Kier alpha value is -3.17. The molecule has 0 aromatic carbocycles. The minimum absolute atomic E-state index is 0.160. The van der Waals surface area contributed by atoms with Gasteiger partial charge in [-0.3, -0.25) is 4.79 Å². The molecule has 0 atom stereocenters. The number of urea groups is 1. The minimum atomic E-state index is -0.303. The van der Waals surface area contributed by atoms with Crippen LogP contribution in [0.25, 0.3) is 11.4 Å². The molecule has 1 aliphatic heterocycles. The Morgan fingerprint density at radius 3 is 2.66 bits per heavy atom. The van der Waals surface area contributed by atoms with Crippen molar-refractivity contribution >= 4 is 17.8 Å². The van der Waals surface area contributed by atoms with Crippen molar-refractivity contribution in [3.05, 3.63) is 24.2 Å². The molecule has 10 heteroatoms. The molecule has 2 amide bonds. The lowest BCUT2D eigenvalue weighted by Gasteiger charge is -2.35. The molecule has 3 heterocycles. The van der Waals surface area contributed by atoms with Crippen molar-refractivity contribution in [3.63, 3.8) is 0 Å². The highest BCUT2D eigenvalue weighted by Gasteiger charge is 2.24. The number of anilines is 1. The molecule has 0 bridgehead atoms. The third kappa shape index (κ3) is 5.35. The number of amides is 2. The van der Waals surface area contributed by atoms with Gasteiger partial charge in [-0.15, -0.1) is 0 Å². The number of hydrogen-bond acceptors (Lipinski definition) is 8. The largest absolute Gasteiger partial charge is 0.466 e. The molecule has 4 rings (SSSR count). The molecule has 1 aliphatic carbocycles. The lowest BCUT2D eigenvalue weighted by molar-refractivity contribution is -0.142. The van der Waals surface area contributed by atoms with Gasteiger partial charge in [-0.05, 0) is 31.9 Å². The summed E-state index contributed by atoms with van der Waals surface area (Å²) >= 11 is 0. The van der Waals surface area contributed by atoms with Crippen LogP contribution in [0.15, 0.2) is 22.9 Å². The first-order chi connectivity index (χ1) is 15.6. The molecular formula is C22H30N6O4. The fourth-order valence-electron chi connectivity index (χ4n) is 4.15. The van der Waals surface area contributed by atoms with Gasteiger partial charge in [0.25, 0.3) is 0 Å². The zero-order chi connectivity index (χ0) is 22.3. The number of pyridine rings is 1. The number of nitrogens with zero attached hydrogens (tertiary/aromatic N) is 5. The average Bonchev–Trinajstić information content (AvgIpc) is 3.52. The van der Waals surface area contributed by atoms with Crippen LogP contribution in [-0.4, -0.2) is 71.4 Å². The summed E-state index contributed by atoms with van der Waals surface area (Å²) in [6.45, 7) is 4.93. The normalized spacial score (nSPS) is 16.9. The molecule has 0 radical (unpaired) electrons. The standard InChI is InChI=1S/C22H30N6O4/c1-2-31-19(29)9-10-23-22(30)28-13-11-27(12-14-28)18-8-7-17(15-24-18)20-25-21(32-26-20)16-5-3-4-6-16/h7-8,15-16H,2-6,9-14H2,1H3,(H,23,30). The summed E-state index contributed by atoms with van der Waals surface area (Å²) in [5, 5.41) is 6.90. The van der Waals surface area contributed by atoms with Crippen molar-refractivity contribution in [3.8, 4) is 11.4 Å². The molecule has 2 aromatic rings. The highest BCUT2D eigenvalue weighted by molar-refractivity contribution is 5.76. The van der Waals surface area contributed by atoms with Crippen molar-refractivity contribution in [2.45, 2.75) is 44.9 Å². The number of hydrogen-bond donors (Lipinski definition) is 1. The van der Waals surface area contributed by atoms with E-state index in [1.54, 1.807) is 18.0 Å². The maximum absolute atomic E-state index is 12.3. The van der Waals surface area contributed by atoms with Crippen LogP contribution in [0.2, 0.25) is 0 Å². The summed E-state index contributed by atoms with van der Waals surface area (Å²) in [7, 11) is 0. The molecule has 2 fully saturated rings. The minimum Gasteiger partial charge on any atom is -0.466 e. The second kappa shape index (κ2) is 10.4. The average molecular weight is 443 g/mol. The topological polar surface area (TPSA) is 114 Å². The number of esters is 1. The van der Waals surface area contributed by atoms with E-state index in [2.05, 4.69) is 25.3 Å². The molecule has 32 heavy (non-hydrogen) atoms. The summed E-state index contributed by atoms with van der Waals surface area (Å²) in [4.78, 5) is 36.7. The first-order valence-corrected chi connectivity index (χ1v) is 11.4. The van der Waals surface area contributed by atoms with E-state index >= 15 is 0 Å². The van der Waals surface area contributed by atoms with Crippen molar-refractivity contribution in [1.29, 1.82) is 0 Å². The van der Waals surface area contributed by atoms with Gasteiger partial charge in [-0.25, -0.2) is 9.78 Å². The van der Waals surface area contributed by atoms with Crippen molar-refractivity contribution in [2.75, 3.05) is 44.2 Å². The molecule has 0 unspecified atom stereocenters. The van der Waals surface area contributed by atoms with E-state index in [-0.39, 0.29) is 25.0 Å². The lowest BCUT2D eigenvalue weighted by Crippen LogP contribution is -2.52. The molecular weight excluding hydrogens is 412 g/mol. The monoisotopic (exact) mass is 442 g/mol. The first kappa shape index (κ1) is 22.0. The SMILES string of the molecule is CCOC(=O)CCNC(=O)N1CCN(c2ccc(-c3noc(C4CCCC4)n3)cn2)CC1. The number of ether oxygens (including phenoxy) is 1. The van der Waals surface area contributed by atoms with Gasteiger partial charge < -0.3 is 24.4 Å². The Kier molecular flexibility index (Phi) is 7.18. The van der Waals surface area contributed by atoms with E-state index in [9.17, 15) is 9.59 Å². The van der Waals surface area contributed by atoms with Crippen LogP contribution in [0.4, 0.5) is 10.6 Å². The molecule has 2 aromatic heterocycles. The molecule has 1 saturated carbocycles. The summed E-state index contributed by atoms with van der Waals surface area (Å²) in [5.74, 6) is 2.26. The van der Waals surface area contributed by atoms with Gasteiger partial charge in [0.05, 0.1) is 13.0 Å². The van der Waals surface area contributed by atoms with E-state index in [4.69, 9.17) is 9.26 Å². The predicted molar refractivity (Wildman–Crippen MR) is 117 cm³/mol. The maximum atomic E-state index is 12.3. The van der Waals surface area contributed by atoms with Crippen molar-refractivity contribution in [1.82, 2.24) is 25.3 Å². The number of nitrogens with one attached hydrogen (secondary N) is 1. The summed E-state index contributed by atoms with van der Waals surface area (Å²) in [6, 6.07) is 3.75. The van der Waals surface area contributed by atoms with E-state index in [1.807, 2.05) is 12.1 Å². The van der Waals surface area contributed by atoms with E-state index in [0.29, 0.717) is 44.5 Å². The first-order valence-electron chi connectivity index (χ1n) is 11.4. The van der Waals surface area contributed by atoms with Gasteiger partial charge in [-0.2, -0.15) is 4.98 Å². The maximum Gasteiger partial charge on any atom is 0.317 e. The summed E-state index contributed by atoms with van der Waals surface area (Å²) in [5.41, 5.74) is 0.835.